The Morgan fingerprint density at radius 3 is 0.381 bits per heavy atom. The molecule has 0 aliphatic carbocycles. The van der Waals surface area contributed by atoms with Crippen LogP contribution >= 0.6 is 0 Å². The van der Waals surface area contributed by atoms with Crippen molar-refractivity contribution in [2.75, 3.05) is 0 Å². The monoisotopic (exact) mass is 398 g/mol. The number of rotatable bonds is 0. The van der Waals surface area contributed by atoms with Crippen LogP contribution in [0, 0.1) is 30.6 Å². The summed E-state index contributed by atoms with van der Waals surface area (Å²) in [5.41, 5.74) is 0. The number of nitrogens with zero attached hydrogens (tertiary/aromatic N) is 2. The summed E-state index contributed by atoms with van der Waals surface area (Å²) in [5.74, 6) is 0. The molecule has 0 aliphatic heterocycles. The van der Waals surface area contributed by atoms with Gasteiger partial charge >= 0.3 is 16.5 Å². The second-order valence-corrected chi connectivity index (χ2v) is 0.447. The summed E-state index contributed by atoms with van der Waals surface area (Å²) in [7, 11) is 0. The Morgan fingerprint density at radius 2 is 0.381 bits per heavy atom. The molecule has 21 heavy (non-hydrogen) atoms. The van der Waals surface area contributed by atoms with Crippen molar-refractivity contribution in [3.63, 3.8) is 0 Å². The van der Waals surface area contributed by atoms with Crippen LogP contribution in [0.25, 0.3) is 0 Å². The van der Waals surface area contributed by atoms with E-state index >= 15 is 0 Å². The first-order valence-electron chi connectivity index (χ1n) is 1.10. The van der Waals surface area contributed by atoms with Gasteiger partial charge < -0.3 is 96.4 Å². The molecule has 0 radical (unpaired) electrons. The van der Waals surface area contributed by atoms with Crippen LogP contribution in [0.15, 0.2) is 0 Å². The summed E-state index contributed by atoms with van der Waals surface area (Å²) in [6.45, 7) is 0. The number of hydrogen-bond acceptors (Lipinski definition) is 6. The van der Waals surface area contributed by atoms with Gasteiger partial charge in [-0.25, -0.2) is 0 Å². The minimum atomic E-state index is -1.75. The van der Waals surface area contributed by atoms with E-state index in [0.29, 0.717) is 0 Å². The fraction of sp³-hybridized carbons (Fsp3) is 0. The standard InChI is InChI=1S/2NO3.Ni.12H2O/c2*2-1(3)4;;;;;;;;;;;;;/h;;;12*1H2/q2*-1;+2;;;;;;;;;;;;. The first-order valence-corrected chi connectivity index (χ1v) is 1.10. The molecule has 0 saturated heterocycles. The van der Waals surface area contributed by atoms with E-state index in [1.807, 2.05) is 0 Å². The molecule has 0 aromatic heterocycles. The van der Waals surface area contributed by atoms with Crippen LogP contribution in [0.3, 0.4) is 0 Å². The molecule has 0 aromatic carbocycles. The zero-order valence-electron chi connectivity index (χ0n) is 9.66. The van der Waals surface area contributed by atoms with Crippen LogP contribution in [0.5, 0.6) is 0 Å². The Balaban J connectivity index is -0.00000000163. The summed E-state index contributed by atoms with van der Waals surface area (Å²) in [6.07, 6.45) is 0. The summed E-state index contributed by atoms with van der Waals surface area (Å²) in [5, 5.41) is 29.5. The third-order valence-electron chi connectivity index (χ3n) is 0. The van der Waals surface area contributed by atoms with E-state index < -0.39 is 10.2 Å². The first kappa shape index (κ1) is 338. The molecule has 0 unspecified atom stereocenters. The third-order valence-corrected chi connectivity index (χ3v) is 0. The van der Waals surface area contributed by atoms with Gasteiger partial charge in [0.1, 0.15) is 0 Å². The molecule has 0 heterocycles. The van der Waals surface area contributed by atoms with Crippen LogP contribution in [-0.4, -0.2) is 75.9 Å². The Kier molecular flexibility index (Phi) is 4610. The molecule has 0 aliphatic rings. The van der Waals surface area contributed by atoms with Crippen LogP contribution in [0.2, 0.25) is 0 Å². The first-order chi connectivity index (χ1) is 3.46. The van der Waals surface area contributed by atoms with Gasteiger partial charge in [0.05, 0.1) is 10.2 Å². The van der Waals surface area contributed by atoms with Gasteiger partial charge in [-0.2, -0.15) is 0 Å². The van der Waals surface area contributed by atoms with Crippen molar-refractivity contribution in [3.8, 4) is 0 Å². The maximum absolute atomic E-state index is 8.25. The third kappa shape index (κ3) is 1970. The largest absolute Gasteiger partial charge is 2.00 e. The average Bonchev–Trinajstić information content (AvgIpc) is 1.25. The minimum absolute atomic E-state index is 0. The maximum atomic E-state index is 8.25. The Morgan fingerprint density at radius 1 is 0.381 bits per heavy atom. The van der Waals surface area contributed by atoms with E-state index in [2.05, 4.69) is 0 Å². The van der Waals surface area contributed by atoms with E-state index in [1.54, 1.807) is 0 Å². The summed E-state index contributed by atoms with van der Waals surface area (Å²) >= 11 is 0. The average molecular weight is 399 g/mol. The second-order valence-electron chi connectivity index (χ2n) is 0.447. The molecule has 0 bridgehead atoms. The van der Waals surface area contributed by atoms with Gasteiger partial charge in [0.25, 0.3) is 0 Å². The summed E-state index contributed by atoms with van der Waals surface area (Å²) in [4.78, 5) is 16.5. The van der Waals surface area contributed by atoms with Gasteiger partial charge in [-0.15, -0.1) is 0 Å². The molecule has 20 nitrogen and oxygen atoms in total. The predicted octanol–water partition coefficient (Wildman–Crippen LogP) is -10.4. The molecule has 0 atom stereocenters. The molecule has 0 saturated carbocycles. The second kappa shape index (κ2) is 287. The van der Waals surface area contributed by atoms with Crippen LogP contribution < -0.4 is 0 Å². The van der Waals surface area contributed by atoms with Gasteiger partial charge in [-0.05, 0) is 0 Å². The molecule has 0 aromatic rings. The quantitative estimate of drug-likeness (QED) is 0.216. The topological polar surface area (TPSA) is 510 Å². The van der Waals surface area contributed by atoms with E-state index in [4.69, 9.17) is 30.6 Å². The van der Waals surface area contributed by atoms with Gasteiger partial charge in [0, 0.05) is 0 Å². The normalized spacial score (nSPS) is 2.29. The van der Waals surface area contributed by atoms with Crippen molar-refractivity contribution in [1.29, 1.82) is 0 Å². The predicted molar refractivity (Wildman–Crippen MR) is 64.1 cm³/mol. The Labute approximate surface area is 124 Å². The van der Waals surface area contributed by atoms with Gasteiger partial charge in [0.15, 0.2) is 0 Å². The molecule has 152 valence electrons. The number of hydrogen-bond donors (Lipinski definition) is 0. The molecule has 21 heteroatoms. The zero-order valence-corrected chi connectivity index (χ0v) is 10.6. The van der Waals surface area contributed by atoms with E-state index in [1.165, 1.54) is 0 Å². The van der Waals surface area contributed by atoms with Crippen molar-refractivity contribution in [2.45, 2.75) is 0 Å². The Hall–Kier alpha value is -1.59. The van der Waals surface area contributed by atoms with E-state index in [-0.39, 0.29) is 82.2 Å². The van der Waals surface area contributed by atoms with Crippen molar-refractivity contribution in [1.82, 2.24) is 0 Å². The van der Waals surface area contributed by atoms with E-state index in [0.717, 1.165) is 0 Å². The fourth-order valence-electron chi connectivity index (χ4n) is 0. The fourth-order valence-corrected chi connectivity index (χ4v) is 0. The molecular weight excluding hydrogens is 375 g/mol. The molecule has 0 fully saturated rings. The molecule has 0 amide bonds. The smallest absolute Gasteiger partial charge is 0.412 e. The Bertz CT molecular complexity index is 73.2. The molecule has 0 rings (SSSR count). The van der Waals surface area contributed by atoms with Crippen molar-refractivity contribution in [2.24, 2.45) is 0 Å². The minimum Gasteiger partial charge on any atom is -0.412 e. The van der Waals surface area contributed by atoms with E-state index in [9.17, 15) is 0 Å². The van der Waals surface area contributed by atoms with Crippen molar-refractivity contribution >= 4 is 0 Å². The summed E-state index contributed by atoms with van der Waals surface area (Å²) in [6, 6.07) is 0. The summed E-state index contributed by atoms with van der Waals surface area (Å²) < 4.78 is 0. The zero-order chi connectivity index (χ0) is 7.15. The van der Waals surface area contributed by atoms with Crippen LogP contribution in [0.1, 0.15) is 0 Å². The van der Waals surface area contributed by atoms with Gasteiger partial charge in [0.2, 0.25) is 0 Å². The molecular formula is H24N2NiO18. The van der Waals surface area contributed by atoms with Gasteiger partial charge in [-0.3, -0.25) is 0 Å². The molecule has 24 N–H and O–H groups in total. The van der Waals surface area contributed by atoms with Gasteiger partial charge in [-0.1, -0.05) is 0 Å². The van der Waals surface area contributed by atoms with Crippen LogP contribution in [0.4, 0.5) is 0 Å². The van der Waals surface area contributed by atoms with Crippen molar-refractivity contribution in [3.05, 3.63) is 30.6 Å². The van der Waals surface area contributed by atoms with Crippen molar-refractivity contribution < 1.29 is 92.4 Å². The maximum Gasteiger partial charge on any atom is 2.00 e. The van der Waals surface area contributed by atoms with Crippen LogP contribution in [-0.2, 0) is 16.5 Å². The molecule has 0 spiro atoms. The SMILES string of the molecule is O.O.O.O.O.O.O.O.O.O.O.O.O=[N+]([O-])[O-].O=[N+]([O-])[O-].[Ni+2].